The van der Waals surface area contributed by atoms with E-state index in [2.05, 4.69) is 20.8 Å². The van der Waals surface area contributed by atoms with E-state index in [1.807, 2.05) is 0 Å². The smallest absolute Gasteiger partial charge is 0.354 e. The molecule has 0 amide bonds. The molecule has 1 aliphatic heterocycles. The summed E-state index contributed by atoms with van der Waals surface area (Å²) in [7, 11) is 0. The van der Waals surface area contributed by atoms with Gasteiger partial charge < -0.3 is 29.5 Å². The molecular weight excluding hydrogens is 853 g/mol. The third-order valence-electron chi connectivity index (χ3n) is 15.0. The van der Waals surface area contributed by atoms with E-state index in [1.165, 1.54) is 199 Å². The van der Waals surface area contributed by atoms with Gasteiger partial charge in [0.1, 0.15) is 5.60 Å². The molecule has 0 aliphatic carbocycles. The SMILES string of the molecule is CCCCCCCCCCCCCCCCCCC1(C(O)(CCCCCCCCCCCCCCCC)CCCCCCCCCCCCCCCC)OC(=O)C(CO)OC(=O)C(CO)OC1=O. The molecule has 1 aliphatic rings. The molecule has 9 nitrogen and oxygen atoms in total. The quantitative estimate of drug-likeness (QED) is 0.0309. The lowest BCUT2D eigenvalue weighted by atomic mass is 9.72. The molecule has 0 saturated carbocycles. The molecule has 0 spiro atoms. The van der Waals surface area contributed by atoms with Gasteiger partial charge in [-0.05, 0) is 19.3 Å². The highest BCUT2D eigenvalue weighted by atomic mass is 16.7. The summed E-state index contributed by atoms with van der Waals surface area (Å²) in [4.78, 5) is 41.4. The summed E-state index contributed by atoms with van der Waals surface area (Å²) in [5.74, 6) is -3.22. The number of carbonyl (C=O) groups excluding carboxylic acids is 3. The molecule has 0 aromatic heterocycles. The van der Waals surface area contributed by atoms with Crippen LogP contribution in [-0.2, 0) is 28.6 Å². The van der Waals surface area contributed by atoms with Gasteiger partial charge in [0.05, 0.1) is 13.2 Å². The van der Waals surface area contributed by atoms with Crippen LogP contribution >= 0.6 is 0 Å². The van der Waals surface area contributed by atoms with Crippen LogP contribution in [0.3, 0.4) is 0 Å². The Morgan fingerprint density at radius 2 is 0.618 bits per heavy atom. The Morgan fingerprint density at radius 1 is 0.368 bits per heavy atom. The minimum absolute atomic E-state index is 0.0220. The first-order valence-electron chi connectivity index (χ1n) is 29.8. The molecule has 402 valence electrons. The summed E-state index contributed by atoms with van der Waals surface area (Å²) in [5.41, 5.74) is -3.90. The molecule has 1 fully saturated rings. The second kappa shape index (κ2) is 45.2. The second-order valence-electron chi connectivity index (χ2n) is 21.2. The molecule has 3 N–H and O–H groups in total. The van der Waals surface area contributed by atoms with Gasteiger partial charge in [-0.2, -0.15) is 0 Å². The van der Waals surface area contributed by atoms with Crippen molar-refractivity contribution < 1.29 is 43.9 Å². The average Bonchev–Trinajstić information content (AvgIpc) is 3.37. The summed E-state index contributed by atoms with van der Waals surface area (Å²) in [5, 5.41) is 33.4. The van der Waals surface area contributed by atoms with E-state index in [0.29, 0.717) is 19.3 Å². The molecule has 0 radical (unpaired) electrons. The van der Waals surface area contributed by atoms with Crippen LogP contribution in [0.25, 0.3) is 0 Å². The summed E-state index contributed by atoms with van der Waals surface area (Å²) in [6.45, 7) is 5.06. The fraction of sp³-hybridized carbons (Fsp3) is 0.949. The van der Waals surface area contributed by atoms with Crippen LogP contribution < -0.4 is 0 Å². The Morgan fingerprint density at radius 3 is 0.897 bits per heavy atom. The molecule has 3 unspecified atom stereocenters. The molecular formula is C59H112O9. The van der Waals surface area contributed by atoms with Crippen molar-refractivity contribution in [3.63, 3.8) is 0 Å². The maximum Gasteiger partial charge on any atom is 0.354 e. The molecule has 1 heterocycles. The van der Waals surface area contributed by atoms with Gasteiger partial charge in [-0.3, -0.25) is 0 Å². The summed E-state index contributed by atoms with van der Waals surface area (Å²) < 4.78 is 17.1. The minimum atomic E-state index is -2.12. The van der Waals surface area contributed by atoms with Crippen LogP contribution in [-0.4, -0.2) is 69.9 Å². The van der Waals surface area contributed by atoms with Crippen LogP contribution in [0.1, 0.15) is 323 Å². The largest absolute Gasteiger partial charge is 0.445 e. The van der Waals surface area contributed by atoms with Crippen molar-refractivity contribution >= 4 is 17.9 Å². The topological polar surface area (TPSA) is 140 Å². The van der Waals surface area contributed by atoms with E-state index in [4.69, 9.17) is 14.2 Å². The number of cyclic esters (lactones) is 3. The minimum Gasteiger partial charge on any atom is -0.445 e. The van der Waals surface area contributed by atoms with E-state index in [9.17, 15) is 29.7 Å². The predicted octanol–water partition coefficient (Wildman–Crippen LogP) is 16.2. The van der Waals surface area contributed by atoms with Crippen molar-refractivity contribution in [3.8, 4) is 0 Å². The number of esters is 3. The first-order chi connectivity index (χ1) is 33.2. The van der Waals surface area contributed by atoms with Crippen molar-refractivity contribution in [1.82, 2.24) is 0 Å². The van der Waals surface area contributed by atoms with Crippen LogP contribution in [0.15, 0.2) is 0 Å². The van der Waals surface area contributed by atoms with Crippen molar-refractivity contribution in [1.29, 1.82) is 0 Å². The molecule has 1 saturated heterocycles. The van der Waals surface area contributed by atoms with Gasteiger partial charge in [-0.25, -0.2) is 14.4 Å². The van der Waals surface area contributed by atoms with Crippen LogP contribution in [0.5, 0.6) is 0 Å². The first kappa shape index (κ1) is 64.3. The average molecular weight is 966 g/mol. The van der Waals surface area contributed by atoms with Gasteiger partial charge in [0.25, 0.3) is 0 Å². The number of aliphatic hydroxyl groups is 3. The first-order valence-corrected chi connectivity index (χ1v) is 29.8. The maximum atomic E-state index is 14.6. The van der Waals surface area contributed by atoms with Crippen LogP contribution in [0.4, 0.5) is 0 Å². The number of carbonyl (C=O) groups is 3. The highest BCUT2D eigenvalue weighted by molar-refractivity contribution is 5.91. The second-order valence-corrected chi connectivity index (χ2v) is 21.2. The number of aliphatic hydroxyl groups excluding tert-OH is 2. The van der Waals surface area contributed by atoms with Crippen molar-refractivity contribution in [2.45, 2.75) is 346 Å². The zero-order chi connectivity index (χ0) is 49.7. The van der Waals surface area contributed by atoms with Gasteiger partial charge in [-0.1, -0.05) is 297 Å². The van der Waals surface area contributed by atoms with Crippen molar-refractivity contribution in [3.05, 3.63) is 0 Å². The molecule has 0 aromatic rings. The third kappa shape index (κ3) is 30.9. The lowest BCUT2D eigenvalue weighted by Crippen LogP contribution is -2.63. The fourth-order valence-electron chi connectivity index (χ4n) is 10.4. The fourth-order valence-corrected chi connectivity index (χ4v) is 10.4. The zero-order valence-electron chi connectivity index (χ0n) is 45.1. The van der Waals surface area contributed by atoms with Gasteiger partial charge in [0, 0.05) is 6.42 Å². The Kier molecular flexibility index (Phi) is 42.7. The van der Waals surface area contributed by atoms with Gasteiger partial charge >= 0.3 is 17.9 Å². The Labute approximate surface area is 419 Å². The van der Waals surface area contributed by atoms with E-state index in [0.717, 1.165) is 64.2 Å². The number of ether oxygens (including phenoxy) is 3. The van der Waals surface area contributed by atoms with Gasteiger partial charge in [0.15, 0.2) is 0 Å². The van der Waals surface area contributed by atoms with Crippen LogP contribution in [0, 0.1) is 0 Å². The molecule has 9 heteroatoms. The maximum absolute atomic E-state index is 14.6. The number of rotatable bonds is 50. The van der Waals surface area contributed by atoms with Crippen molar-refractivity contribution in [2.75, 3.05) is 13.2 Å². The molecule has 68 heavy (non-hydrogen) atoms. The number of unbranched alkanes of at least 4 members (excludes halogenated alkanes) is 41. The molecule has 0 bridgehead atoms. The van der Waals surface area contributed by atoms with E-state index >= 15 is 0 Å². The molecule has 1 rings (SSSR count). The Balaban J connectivity index is 3.00. The normalized spacial score (nSPS) is 18.0. The van der Waals surface area contributed by atoms with E-state index < -0.39 is 54.5 Å². The highest BCUT2D eigenvalue weighted by Gasteiger charge is 2.61. The highest BCUT2D eigenvalue weighted by Crippen LogP contribution is 2.42. The Bertz CT molecular complexity index is 1130. The number of hydrogen-bond acceptors (Lipinski definition) is 9. The summed E-state index contributed by atoms with van der Waals surface area (Å²) >= 11 is 0. The monoisotopic (exact) mass is 965 g/mol. The van der Waals surface area contributed by atoms with E-state index in [-0.39, 0.29) is 19.3 Å². The molecule has 3 atom stereocenters. The van der Waals surface area contributed by atoms with Crippen molar-refractivity contribution in [2.24, 2.45) is 0 Å². The zero-order valence-corrected chi connectivity index (χ0v) is 45.1. The predicted molar refractivity (Wildman–Crippen MR) is 282 cm³/mol. The number of hydrogen-bond donors (Lipinski definition) is 3. The Hall–Kier alpha value is -1.71. The summed E-state index contributed by atoms with van der Waals surface area (Å²) in [6, 6.07) is 0. The van der Waals surface area contributed by atoms with E-state index in [1.54, 1.807) is 0 Å². The van der Waals surface area contributed by atoms with Gasteiger partial charge in [-0.15, -0.1) is 0 Å². The molecule has 0 aromatic carbocycles. The lowest BCUT2D eigenvalue weighted by Gasteiger charge is -2.45. The lowest BCUT2D eigenvalue weighted by molar-refractivity contribution is -0.225. The van der Waals surface area contributed by atoms with Gasteiger partial charge in [0.2, 0.25) is 17.8 Å². The summed E-state index contributed by atoms with van der Waals surface area (Å²) in [6.07, 6.45) is 49.4. The standard InChI is InChI=1S/C59H112O9/c1-4-7-10-13-16-19-22-25-28-29-32-35-38-41-44-47-50-59(57(64)67-53(51-60)55(62)66-54(52-61)56(63)68-59)58(65,48-45-42-39-36-33-30-26-23-20-17-14-11-8-5-2)49-46-43-40-37-34-31-27-24-21-18-15-12-9-6-3/h53-54,60-61,65H,4-52H2,1-3H3. The third-order valence-corrected chi connectivity index (χ3v) is 15.0. The van der Waals surface area contributed by atoms with Crippen LogP contribution in [0.2, 0.25) is 0 Å².